The molecular formula is C19H25N5OS. The molecule has 0 saturated carbocycles. The molecule has 0 spiro atoms. The Balaban J connectivity index is 1.35. The molecule has 1 saturated heterocycles. The van der Waals surface area contributed by atoms with E-state index in [1.165, 1.54) is 17.7 Å². The van der Waals surface area contributed by atoms with Crippen molar-refractivity contribution in [3.05, 3.63) is 39.4 Å². The van der Waals surface area contributed by atoms with E-state index in [4.69, 9.17) is 4.98 Å². The van der Waals surface area contributed by atoms with Gasteiger partial charge in [-0.25, -0.2) is 19.7 Å². The highest BCUT2D eigenvalue weighted by molar-refractivity contribution is 7.09. The van der Waals surface area contributed by atoms with Gasteiger partial charge in [-0.05, 0) is 51.0 Å². The minimum Gasteiger partial charge on any atom is -0.338 e. The van der Waals surface area contributed by atoms with Crippen molar-refractivity contribution < 1.29 is 4.79 Å². The molecule has 2 aromatic rings. The zero-order valence-electron chi connectivity index (χ0n) is 15.2. The zero-order chi connectivity index (χ0) is 17.9. The average molecular weight is 372 g/mol. The van der Waals surface area contributed by atoms with Gasteiger partial charge in [0.25, 0.3) is 0 Å². The summed E-state index contributed by atoms with van der Waals surface area (Å²) in [5.74, 6) is 0.846. The number of carbonyl (C=O) groups excluding carboxylic acids is 1. The van der Waals surface area contributed by atoms with Crippen molar-refractivity contribution in [3.8, 4) is 0 Å². The maximum Gasteiger partial charge on any atom is 0.318 e. The van der Waals surface area contributed by atoms with Crippen LogP contribution in [0.3, 0.4) is 0 Å². The average Bonchev–Trinajstić information content (AvgIpc) is 3.33. The number of piperidine rings is 1. The Hall–Kier alpha value is -2.02. The fraction of sp³-hybridized carbons (Fsp3) is 0.579. The molecule has 1 aliphatic carbocycles. The van der Waals surface area contributed by atoms with Gasteiger partial charge in [0.2, 0.25) is 0 Å². The van der Waals surface area contributed by atoms with Gasteiger partial charge < -0.3 is 10.2 Å². The number of aromatic nitrogens is 3. The van der Waals surface area contributed by atoms with Crippen molar-refractivity contribution in [2.75, 3.05) is 13.1 Å². The largest absolute Gasteiger partial charge is 0.338 e. The lowest BCUT2D eigenvalue weighted by molar-refractivity contribution is 0.151. The predicted octanol–water partition coefficient (Wildman–Crippen LogP) is 3.21. The van der Waals surface area contributed by atoms with Crippen LogP contribution in [-0.4, -0.2) is 39.0 Å². The van der Waals surface area contributed by atoms with Crippen molar-refractivity contribution in [1.29, 1.82) is 0 Å². The van der Waals surface area contributed by atoms with Gasteiger partial charge in [0.1, 0.15) is 10.8 Å². The summed E-state index contributed by atoms with van der Waals surface area (Å²) in [5, 5.41) is 6.08. The van der Waals surface area contributed by atoms with Crippen LogP contribution in [0.5, 0.6) is 0 Å². The standard InChI is InChI=1S/C19H25N5OS/c1-13-14-5-4-6-15(14)23-17(22-13)8-9-21-19(25)24-11-3-2-7-16(24)18-20-10-12-26-18/h10,12,16H,2-9,11H2,1H3,(H,21,25)/t16-/m1/s1. The zero-order valence-corrected chi connectivity index (χ0v) is 16.0. The second-order valence-corrected chi connectivity index (χ2v) is 7.99. The highest BCUT2D eigenvalue weighted by Crippen LogP contribution is 2.31. The van der Waals surface area contributed by atoms with E-state index in [0.717, 1.165) is 55.2 Å². The van der Waals surface area contributed by atoms with Gasteiger partial charge in [0.15, 0.2) is 0 Å². The molecule has 0 bridgehead atoms. The Labute approximate surface area is 158 Å². The summed E-state index contributed by atoms with van der Waals surface area (Å²) < 4.78 is 0. The number of hydrogen-bond donors (Lipinski definition) is 1. The fourth-order valence-electron chi connectivity index (χ4n) is 4.01. The number of hydrogen-bond acceptors (Lipinski definition) is 5. The van der Waals surface area contributed by atoms with Crippen LogP contribution in [0.1, 0.15) is 59.5 Å². The molecule has 7 heteroatoms. The van der Waals surface area contributed by atoms with Gasteiger partial charge in [-0.2, -0.15) is 0 Å². The smallest absolute Gasteiger partial charge is 0.318 e. The molecule has 2 aromatic heterocycles. The number of nitrogens with one attached hydrogen (secondary N) is 1. The maximum atomic E-state index is 12.7. The molecule has 0 radical (unpaired) electrons. The first kappa shape index (κ1) is 17.4. The van der Waals surface area contributed by atoms with E-state index >= 15 is 0 Å². The van der Waals surface area contributed by atoms with Crippen molar-refractivity contribution in [2.45, 2.75) is 57.9 Å². The molecule has 0 unspecified atom stereocenters. The number of urea groups is 1. The summed E-state index contributed by atoms with van der Waals surface area (Å²) in [5.41, 5.74) is 3.64. The summed E-state index contributed by atoms with van der Waals surface area (Å²) >= 11 is 1.63. The number of amides is 2. The van der Waals surface area contributed by atoms with Gasteiger partial charge >= 0.3 is 6.03 Å². The molecule has 2 amide bonds. The number of fused-ring (bicyclic) bond motifs is 1. The molecule has 4 rings (SSSR count). The number of carbonyl (C=O) groups is 1. The highest BCUT2D eigenvalue weighted by atomic mass is 32.1. The van der Waals surface area contributed by atoms with E-state index in [2.05, 4.69) is 22.2 Å². The van der Waals surface area contributed by atoms with Crippen LogP contribution < -0.4 is 5.32 Å². The summed E-state index contributed by atoms with van der Waals surface area (Å²) in [6.07, 6.45) is 9.03. The summed E-state index contributed by atoms with van der Waals surface area (Å²) in [6, 6.07) is 0.116. The Morgan fingerprint density at radius 2 is 2.23 bits per heavy atom. The lowest BCUT2D eigenvalue weighted by Crippen LogP contribution is -2.45. The Morgan fingerprint density at radius 1 is 1.31 bits per heavy atom. The molecule has 1 aliphatic heterocycles. The molecule has 1 fully saturated rings. The van der Waals surface area contributed by atoms with Crippen LogP contribution in [0.25, 0.3) is 0 Å². The highest BCUT2D eigenvalue weighted by Gasteiger charge is 2.29. The van der Waals surface area contributed by atoms with E-state index in [1.807, 2.05) is 16.5 Å². The monoisotopic (exact) mass is 371 g/mol. The number of rotatable bonds is 4. The lowest BCUT2D eigenvalue weighted by Gasteiger charge is -2.34. The molecule has 1 N–H and O–H groups in total. The summed E-state index contributed by atoms with van der Waals surface area (Å²) in [4.78, 5) is 28.4. The van der Waals surface area contributed by atoms with Gasteiger partial charge in [0, 0.05) is 42.5 Å². The number of thiazole rings is 1. The number of nitrogens with zero attached hydrogens (tertiary/aromatic N) is 4. The summed E-state index contributed by atoms with van der Waals surface area (Å²) in [7, 11) is 0. The minimum atomic E-state index is 0.00258. The third-order valence-electron chi connectivity index (χ3n) is 5.31. The fourth-order valence-corrected chi connectivity index (χ4v) is 4.79. The Bertz CT molecular complexity index is 776. The topological polar surface area (TPSA) is 71.0 Å². The van der Waals surface area contributed by atoms with Crippen LogP contribution in [0, 0.1) is 6.92 Å². The second kappa shape index (κ2) is 7.70. The molecule has 2 aliphatic rings. The first-order valence-electron chi connectivity index (χ1n) is 9.51. The Morgan fingerprint density at radius 3 is 3.08 bits per heavy atom. The third-order valence-corrected chi connectivity index (χ3v) is 6.19. The molecule has 0 aromatic carbocycles. The van der Waals surface area contributed by atoms with Gasteiger partial charge in [-0.15, -0.1) is 11.3 Å². The molecule has 26 heavy (non-hydrogen) atoms. The molecular weight excluding hydrogens is 346 g/mol. The van der Waals surface area contributed by atoms with Crippen LogP contribution in [-0.2, 0) is 19.3 Å². The van der Waals surface area contributed by atoms with E-state index in [9.17, 15) is 4.79 Å². The molecule has 138 valence electrons. The Kier molecular flexibility index (Phi) is 5.15. The van der Waals surface area contributed by atoms with Crippen molar-refractivity contribution >= 4 is 17.4 Å². The van der Waals surface area contributed by atoms with Crippen LogP contribution in [0.4, 0.5) is 4.79 Å². The molecule has 6 nitrogen and oxygen atoms in total. The molecule has 3 heterocycles. The lowest BCUT2D eigenvalue weighted by atomic mass is 10.0. The van der Waals surface area contributed by atoms with Crippen molar-refractivity contribution in [1.82, 2.24) is 25.2 Å². The van der Waals surface area contributed by atoms with Crippen LogP contribution >= 0.6 is 11.3 Å². The van der Waals surface area contributed by atoms with Crippen molar-refractivity contribution in [3.63, 3.8) is 0 Å². The van der Waals surface area contributed by atoms with Gasteiger partial charge in [0.05, 0.1) is 6.04 Å². The molecule has 1 atom stereocenters. The predicted molar refractivity (Wildman–Crippen MR) is 101 cm³/mol. The van der Waals surface area contributed by atoms with E-state index in [0.29, 0.717) is 13.0 Å². The number of likely N-dealkylation sites (tertiary alicyclic amines) is 1. The third kappa shape index (κ3) is 3.58. The first-order chi connectivity index (χ1) is 12.7. The minimum absolute atomic E-state index is 0.00258. The number of aryl methyl sites for hydroxylation is 2. The normalized spacial score (nSPS) is 19.4. The van der Waals surface area contributed by atoms with E-state index < -0.39 is 0 Å². The van der Waals surface area contributed by atoms with E-state index in [-0.39, 0.29) is 12.1 Å². The SMILES string of the molecule is Cc1nc(CCNC(=O)N2CCCC[C@@H]2c2nccs2)nc2c1CCC2. The second-order valence-electron chi connectivity index (χ2n) is 7.06. The van der Waals surface area contributed by atoms with Gasteiger partial charge in [-0.1, -0.05) is 0 Å². The quantitative estimate of drug-likeness (QED) is 0.896. The van der Waals surface area contributed by atoms with E-state index in [1.54, 1.807) is 11.3 Å². The van der Waals surface area contributed by atoms with Crippen LogP contribution in [0.2, 0.25) is 0 Å². The van der Waals surface area contributed by atoms with Gasteiger partial charge in [-0.3, -0.25) is 0 Å². The van der Waals surface area contributed by atoms with Crippen molar-refractivity contribution in [2.24, 2.45) is 0 Å². The first-order valence-corrected chi connectivity index (χ1v) is 10.4. The maximum absolute atomic E-state index is 12.7. The van der Waals surface area contributed by atoms with Crippen LogP contribution in [0.15, 0.2) is 11.6 Å². The summed E-state index contributed by atoms with van der Waals surface area (Å²) in [6.45, 7) is 3.43.